The van der Waals surface area contributed by atoms with Gasteiger partial charge in [0.25, 0.3) is 0 Å². The Bertz CT molecular complexity index is 257. The van der Waals surface area contributed by atoms with Gasteiger partial charge >= 0.3 is 0 Å². The number of hydrogen-bond donors (Lipinski definition) is 0. The van der Waals surface area contributed by atoms with Gasteiger partial charge < -0.3 is 0 Å². The Morgan fingerprint density at radius 2 is 2.00 bits per heavy atom. The maximum atomic E-state index is 2.48. The van der Waals surface area contributed by atoms with Crippen LogP contribution in [0.5, 0.6) is 0 Å². The molecule has 0 saturated heterocycles. The average Bonchev–Trinajstić information content (AvgIpc) is 2.98. The molecule has 0 nitrogen and oxygen atoms in total. The lowest BCUT2D eigenvalue weighted by Crippen LogP contribution is -2.32. The topological polar surface area (TPSA) is 0 Å². The predicted molar refractivity (Wildman–Crippen MR) is 64.7 cm³/mol. The average molecular weight is 204 g/mol. The standard InChI is InChI=1S/C15H24/c1-2-3-12-4-5-13-6-7-15(8-9-15)11-14(13)10-12/h8-9,12-14H,2-7,10-11H2,1H3. The van der Waals surface area contributed by atoms with Gasteiger partial charge in [0.15, 0.2) is 0 Å². The van der Waals surface area contributed by atoms with Crippen molar-refractivity contribution in [3.63, 3.8) is 0 Å². The third-order valence-electron chi connectivity index (χ3n) is 5.21. The van der Waals surface area contributed by atoms with Gasteiger partial charge in [-0.15, -0.1) is 0 Å². The Hall–Kier alpha value is -0.260. The molecule has 0 aromatic heterocycles. The van der Waals surface area contributed by atoms with Crippen molar-refractivity contribution in [2.24, 2.45) is 23.2 Å². The third-order valence-corrected chi connectivity index (χ3v) is 5.21. The van der Waals surface area contributed by atoms with E-state index in [1.165, 1.54) is 38.5 Å². The zero-order valence-corrected chi connectivity index (χ0v) is 10.0. The molecule has 2 saturated carbocycles. The summed E-state index contributed by atoms with van der Waals surface area (Å²) in [5.41, 5.74) is 0.648. The molecule has 0 amide bonds. The molecule has 0 radical (unpaired) electrons. The lowest BCUT2D eigenvalue weighted by atomic mass is 9.62. The van der Waals surface area contributed by atoms with Crippen molar-refractivity contribution in [3.8, 4) is 0 Å². The molecule has 15 heavy (non-hydrogen) atoms. The first-order chi connectivity index (χ1) is 7.31. The second kappa shape index (κ2) is 3.64. The van der Waals surface area contributed by atoms with E-state index in [0.29, 0.717) is 5.41 Å². The molecule has 0 aromatic carbocycles. The van der Waals surface area contributed by atoms with Crippen molar-refractivity contribution >= 4 is 0 Å². The summed E-state index contributed by atoms with van der Waals surface area (Å²) in [6, 6.07) is 0. The minimum Gasteiger partial charge on any atom is -0.0777 e. The molecule has 2 fully saturated rings. The predicted octanol–water partition coefficient (Wildman–Crippen LogP) is 4.56. The second-order valence-corrected chi connectivity index (χ2v) is 6.30. The van der Waals surface area contributed by atoms with Gasteiger partial charge in [-0.25, -0.2) is 0 Å². The van der Waals surface area contributed by atoms with E-state index in [9.17, 15) is 0 Å². The summed E-state index contributed by atoms with van der Waals surface area (Å²) in [5.74, 6) is 3.26. The summed E-state index contributed by atoms with van der Waals surface area (Å²) in [6.07, 6.45) is 17.0. The highest BCUT2D eigenvalue weighted by Crippen LogP contribution is 2.56. The number of rotatable bonds is 2. The van der Waals surface area contributed by atoms with Gasteiger partial charge in [0.2, 0.25) is 0 Å². The van der Waals surface area contributed by atoms with Crippen LogP contribution in [0.3, 0.4) is 0 Å². The van der Waals surface area contributed by atoms with Crippen molar-refractivity contribution in [3.05, 3.63) is 12.2 Å². The fraction of sp³-hybridized carbons (Fsp3) is 0.867. The largest absolute Gasteiger partial charge is 0.0777 e. The minimum absolute atomic E-state index is 0.648. The van der Waals surface area contributed by atoms with E-state index < -0.39 is 0 Å². The van der Waals surface area contributed by atoms with Crippen LogP contribution in [0.15, 0.2) is 12.2 Å². The molecule has 3 atom stereocenters. The van der Waals surface area contributed by atoms with Gasteiger partial charge in [-0.3, -0.25) is 0 Å². The van der Waals surface area contributed by atoms with Crippen molar-refractivity contribution in [1.82, 2.24) is 0 Å². The minimum atomic E-state index is 0.648. The molecular weight excluding hydrogens is 180 g/mol. The van der Waals surface area contributed by atoms with Crippen LogP contribution < -0.4 is 0 Å². The van der Waals surface area contributed by atoms with Gasteiger partial charge in [0.1, 0.15) is 0 Å². The molecule has 0 aliphatic heterocycles. The van der Waals surface area contributed by atoms with Gasteiger partial charge in [-0.1, -0.05) is 38.3 Å². The third kappa shape index (κ3) is 1.88. The molecule has 3 rings (SSSR count). The molecule has 1 spiro atoms. The Kier molecular flexibility index (Phi) is 2.41. The zero-order valence-electron chi connectivity index (χ0n) is 10.0. The van der Waals surface area contributed by atoms with Crippen LogP contribution in [-0.2, 0) is 0 Å². The van der Waals surface area contributed by atoms with Crippen LogP contribution in [0.25, 0.3) is 0 Å². The van der Waals surface area contributed by atoms with Gasteiger partial charge in [0.05, 0.1) is 0 Å². The van der Waals surface area contributed by atoms with E-state index >= 15 is 0 Å². The second-order valence-electron chi connectivity index (χ2n) is 6.30. The SMILES string of the molecule is CCCC1CCC2CCC3(C=C3)CC2C1. The Morgan fingerprint density at radius 3 is 2.73 bits per heavy atom. The molecule has 3 aliphatic rings. The first kappa shape index (κ1) is 9.93. The quantitative estimate of drug-likeness (QED) is 0.578. The summed E-state index contributed by atoms with van der Waals surface area (Å²) in [7, 11) is 0. The Labute approximate surface area is 94.1 Å². The normalized spacial score (nSPS) is 41.5. The van der Waals surface area contributed by atoms with Gasteiger partial charge in [0, 0.05) is 5.41 Å². The van der Waals surface area contributed by atoms with Crippen molar-refractivity contribution in [2.45, 2.75) is 58.3 Å². The van der Waals surface area contributed by atoms with E-state index in [0.717, 1.165) is 17.8 Å². The molecule has 0 bridgehead atoms. The molecule has 0 heterocycles. The van der Waals surface area contributed by atoms with Crippen LogP contribution in [0.1, 0.15) is 58.3 Å². The maximum absolute atomic E-state index is 2.48. The van der Waals surface area contributed by atoms with Crippen molar-refractivity contribution in [2.75, 3.05) is 0 Å². The highest BCUT2D eigenvalue weighted by Gasteiger charge is 2.44. The van der Waals surface area contributed by atoms with Crippen molar-refractivity contribution < 1.29 is 0 Å². The molecular formula is C15H24. The van der Waals surface area contributed by atoms with Crippen molar-refractivity contribution in [1.29, 1.82) is 0 Å². The lowest BCUT2D eigenvalue weighted by molar-refractivity contribution is 0.0946. The Balaban J connectivity index is 1.60. The zero-order chi connectivity index (χ0) is 10.3. The molecule has 84 valence electrons. The molecule has 0 N–H and O–H groups in total. The summed E-state index contributed by atoms with van der Waals surface area (Å²) in [6.45, 7) is 2.34. The molecule has 3 aliphatic carbocycles. The molecule has 0 aromatic rings. The summed E-state index contributed by atoms with van der Waals surface area (Å²) < 4.78 is 0. The monoisotopic (exact) mass is 204 g/mol. The number of allylic oxidation sites excluding steroid dienone is 2. The first-order valence-electron chi connectivity index (χ1n) is 7.02. The van der Waals surface area contributed by atoms with Gasteiger partial charge in [-0.05, 0) is 49.9 Å². The highest BCUT2D eigenvalue weighted by atomic mass is 14.5. The number of fused-ring (bicyclic) bond motifs is 1. The summed E-state index contributed by atoms with van der Waals surface area (Å²) in [5, 5.41) is 0. The van der Waals surface area contributed by atoms with Crippen LogP contribution >= 0.6 is 0 Å². The fourth-order valence-corrected chi connectivity index (χ4v) is 4.19. The molecule has 0 heteroatoms. The highest BCUT2D eigenvalue weighted by molar-refractivity contribution is 5.27. The maximum Gasteiger partial charge on any atom is 0.00644 e. The van der Waals surface area contributed by atoms with E-state index in [1.54, 1.807) is 12.8 Å². The lowest BCUT2D eigenvalue weighted by Gasteiger charge is -2.42. The fourth-order valence-electron chi connectivity index (χ4n) is 4.19. The van der Waals surface area contributed by atoms with Crippen LogP contribution in [0.4, 0.5) is 0 Å². The number of hydrogen-bond acceptors (Lipinski definition) is 0. The van der Waals surface area contributed by atoms with Gasteiger partial charge in [-0.2, -0.15) is 0 Å². The molecule has 3 unspecified atom stereocenters. The van der Waals surface area contributed by atoms with Crippen LogP contribution in [-0.4, -0.2) is 0 Å². The smallest absolute Gasteiger partial charge is 0.00644 e. The van der Waals surface area contributed by atoms with E-state index in [-0.39, 0.29) is 0 Å². The van der Waals surface area contributed by atoms with Crippen LogP contribution in [0.2, 0.25) is 0 Å². The Morgan fingerprint density at radius 1 is 1.13 bits per heavy atom. The van der Waals surface area contributed by atoms with Crippen LogP contribution in [0, 0.1) is 23.2 Å². The first-order valence-corrected chi connectivity index (χ1v) is 7.02. The summed E-state index contributed by atoms with van der Waals surface area (Å²) in [4.78, 5) is 0. The summed E-state index contributed by atoms with van der Waals surface area (Å²) >= 11 is 0. The van der Waals surface area contributed by atoms with E-state index in [2.05, 4.69) is 19.1 Å². The van der Waals surface area contributed by atoms with E-state index in [4.69, 9.17) is 0 Å². The van der Waals surface area contributed by atoms with E-state index in [1.807, 2.05) is 0 Å².